The van der Waals surface area contributed by atoms with Crippen molar-refractivity contribution in [3.63, 3.8) is 0 Å². The molecule has 0 radical (unpaired) electrons. The number of carbonyl (C=O) groups excluding carboxylic acids is 2. The van der Waals surface area contributed by atoms with E-state index in [0.717, 1.165) is 6.08 Å². The summed E-state index contributed by atoms with van der Waals surface area (Å²) >= 11 is 0. The molecular formula is C13H7K2NO5. The minimum absolute atomic E-state index is 0. The van der Waals surface area contributed by atoms with E-state index in [0.29, 0.717) is 5.56 Å². The molecule has 0 saturated carbocycles. The summed E-state index contributed by atoms with van der Waals surface area (Å²) in [4.78, 5) is 25.0. The molecule has 1 aromatic heterocycles. The maximum absolute atomic E-state index is 10.6. The van der Waals surface area contributed by atoms with Crippen LogP contribution in [0, 0.1) is 0 Å². The van der Waals surface area contributed by atoms with Crippen LogP contribution >= 0.6 is 0 Å². The Balaban J connectivity index is 0.00000200. The average Bonchev–Trinajstić information content (AvgIpc) is 2.85. The molecule has 0 aliphatic heterocycles. The van der Waals surface area contributed by atoms with Gasteiger partial charge in [-0.25, -0.2) is 4.98 Å². The number of nitrogens with zero attached hydrogens (tertiary/aromatic N) is 1. The minimum Gasteiger partial charge on any atom is -0.545 e. The topological polar surface area (TPSA) is 106 Å². The number of benzene rings is 1. The van der Waals surface area contributed by atoms with Crippen molar-refractivity contribution >= 4 is 18.0 Å². The Hall–Kier alpha value is 0.383. The molecule has 0 unspecified atom stereocenters. The largest absolute Gasteiger partial charge is 1.00 e. The molecule has 1 heterocycles. The van der Waals surface area contributed by atoms with Crippen LogP contribution in [0.15, 0.2) is 46.5 Å². The van der Waals surface area contributed by atoms with Crippen molar-refractivity contribution in [3.05, 3.63) is 47.9 Å². The van der Waals surface area contributed by atoms with Crippen molar-refractivity contribution in [2.45, 2.75) is 0 Å². The Bertz CT molecular complexity index is 636. The molecule has 8 heteroatoms. The van der Waals surface area contributed by atoms with E-state index in [1.54, 1.807) is 24.3 Å². The third-order valence-electron chi connectivity index (χ3n) is 2.27. The van der Waals surface area contributed by atoms with Gasteiger partial charge in [0.25, 0.3) is 0 Å². The van der Waals surface area contributed by atoms with Crippen LogP contribution in [-0.2, 0) is 9.59 Å². The number of oxazole rings is 1. The number of hydrogen-bond acceptors (Lipinski definition) is 6. The van der Waals surface area contributed by atoms with Crippen LogP contribution in [0.4, 0.5) is 0 Å². The van der Waals surface area contributed by atoms with E-state index in [-0.39, 0.29) is 114 Å². The van der Waals surface area contributed by atoms with Gasteiger partial charge >= 0.3 is 103 Å². The van der Waals surface area contributed by atoms with E-state index in [1.165, 1.54) is 6.20 Å². The number of aromatic nitrogens is 1. The Morgan fingerprint density at radius 3 is 2.14 bits per heavy atom. The zero-order valence-electron chi connectivity index (χ0n) is 11.5. The molecule has 96 valence electrons. The quantitative estimate of drug-likeness (QED) is 0.238. The van der Waals surface area contributed by atoms with E-state index in [2.05, 4.69) is 4.98 Å². The summed E-state index contributed by atoms with van der Waals surface area (Å²) in [5.41, 5.74) is -0.318. The fourth-order valence-electron chi connectivity index (χ4n) is 1.41. The fraction of sp³-hybridized carbons (Fsp3) is 0. The first kappa shape index (κ1) is 21.4. The van der Waals surface area contributed by atoms with Crippen LogP contribution in [0.1, 0.15) is 5.76 Å². The van der Waals surface area contributed by atoms with Crippen LogP contribution in [0.5, 0.6) is 0 Å². The number of aliphatic carboxylic acids is 2. The van der Waals surface area contributed by atoms with Gasteiger partial charge in [0.1, 0.15) is 5.76 Å². The molecule has 0 N–H and O–H groups in total. The van der Waals surface area contributed by atoms with Gasteiger partial charge in [0.2, 0.25) is 5.89 Å². The van der Waals surface area contributed by atoms with E-state index >= 15 is 0 Å². The van der Waals surface area contributed by atoms with Gasteiger partial charge in [-0.2, -0.15) is 0 Å². The summed E-state index contributed by atoms with van der Waals surface area (Å²) in [5.74, 6) is -3.46. The fourth-order valence-corrected chi connectivity index (χ4v) is 1.41. The Morgan fingerprint density at radius 1 is 1.05 bits per heavy atom. The van der Waals surface area contributed by atoms with Crippen LogP contribution in [0.25, 0.3) is 17.5 Å². The Morgan fingerprint density at radius 2 is 1.62 bits per heavy atom. The van der Waals surface area contributed by atoms with Crippen molar-refractivity contribution in [2.24, 2.45) is 0 Å². The molecule has 0 spiro atoms. The van der Waals surface area contributed by atoms with Crippen LogP contribution in [0.2, 0.25) is 0 Å². The first-order valence-electron chi connectivity index (χ1n) is 5.23. The minimum atomic E-state index is -1.85. The predicted octanol–water partition coefficient (Wildman–Crippen LogP) is -6.77. The average molecular weight is 335 g/mol. The van der Waals surface area contributed by atoms with Gasteiger partial charge in [0.15, 0.2) is 0 Å². The summed E-state index contributed by atoms with van der Waals surface area (Å²) in [5, 5.41) is 21.1. The molecule has 0 saturated heterocycles. The van der Waals surface area contributed by atoms with E-state index < -0.39 is 17.5 Å². The molecular weight excluding hydrogens is 328 g/mol. The standard InChI is InChI=1S/C13H9NO5.2K/c15-12(16)10(13(17)18)6-9-7-14-11(19-9)8-4-2-1-3-5-8;;/h1-7H,(H,15,16)(H,17,18);;/q;2*+1/p-2. The van der Waals surface area contributed by atoms with Crippen molar-refractivity contribution in [1.29, 1.82) is 0 Å². The summed E-state index contributed by atoms with van der Waals surface area (Å²) in [6.45, 7) is 0. The second kappa shape index (κ2) is 10.2. The summed E-state index contributed by atoms with van der Waals surface area (Å²) in [6, 6.07) is 8.87. The smallest absolute Gasteiger partial charge is 0.545 e. The van der Waals surface area contributed by atoms with E-state index in [1.807, 2.05) is 6.07 Å². The molecule has 2 rings (SSSR count). The van der Waals surface area contributed by atoms with Crippen molar-refractivity contribution in [2.75, 3.05) is 0 Å². The van der Waals surface area contributed by atoms with Crippen LogP contribution in [-0.4, -0.2) is 16.9 Å². The molecule has 21 heavy (non-hydrogen) atoms. The van der Waals surface area contributed by atoms with Gasteiger partial charge in [0, 0.05) is 11.1 Å². The number of carboxylic acid groups (broad SMARTS) is 2. The second-order valence-electron chi connectivity index (χ2n) is 3.57. The molecule has 6 nitrogen and oxygen atoms in total. The maximum Gasteiger partial charge on any atom is 1.00 e. The summed E-state index contributed by atoms with van der Waals surface area (Å²) in [7, 11) is 0. The zero-order chi connectivity index (χ0) is 13.8. The molecule has 0 bridgehead atoms. The van der Waals surface area contributed by atoms with Gasteiger partial charge < -0.3 is 24.2 Å². The predicted molar refractivity (Wildman–Crippen MR) is 59.9 cm³/mol. The number of carbonyl (C=O) groups is 2. The normalized spacial score (nSPS) is 8.95. The van der Waals surface area contributed by atoms with Gasteiger partial charge in [-0.1, -0.05) is 18.2 Å². The van der Waals surface area contributed by atoms with Gasteiger partial charge in [0.05, 0.1) is 18.1 Å². The number of hydrogen-bond donors (Lipinski definition) is 0. The monoisotopic (exact) mass is 335 g/mol. The first-order valence-corrected chi connectivity index (χ1v) is 5.23. The molecule has 0 fully saturated rings. The Kier molecular flexibility index (Phi) is 10.4. The van der Waals surface area contributed by atoms with Crippen LogP contribution in [0.3, 0.4) is 0 Å². The number of rotatable bonds is 4. The molecule has 0 atom stereocenters. The maximum atomic E-state index is 10.6. The first-order chi connectivity index (χ1) is 9.08. The SMILES string of the molecule is O=C([O-])C(=Cc1cnc(-c2ccccc2)o1)C(=O)[O-].[K+].[K+]. The molecule has 1 aromatic carbocycles. The van der Waals surface area contributed by atoms with E-state index in [9.17, 15) is 19.8 Å². The molecule has 0 amide bonds. The molecule has 2 aromatic rings. The van der Waals surface area contributed by atoms with Crippen LogP contribution < -0.4 is 113 Å². The van der Waals surface area contributed by atoms with Crippen molar-refractivity contribution in [1.82, 2.24) is 4.98 Å². The van der Waals surface area contributed by atoms with Crippen molar-refractivity contribution in [3.8, 4) is 11.5 Å². The van der Waals surface area contributed by atoms with Gasteiger partial charge in [-0.05, 0) is 18.2 Å². The third-order valence-corrected chi connectivity index (χ3v) is 2.27. The Labute approximate surface area is 205 Å². The number of carboxylic acids is 2. The van der Waals surface area contributed by atoms with Gasteiger partial charge in [-0.15, -0.1) is 0 Å². The summed E-state index contributed by atoms with van der Waals surface area (Å²) in [6.07, 6.45) is 2.01. The molecule has 0 aliphatic rings. The zero-order valence-corrected chi connectivity index (χ0v) is 17.8. The van der Waals surface area contributed by atoms with Gasteiger partial charge in [-0.3, -0.25) is 0 Å². The third kappa shape index (κ3) is 6.18. The molecule has 0 aliphatic carbocycles. The summed E-state index contributed by atoms with van der Waals surface area (Å²) < 4.78 is 5.23. The van der Waals surface area contributed by atoms with E-state index in [4.69, 9.17) is 4.42 Å². The van der Waals surface area contributed by atoms with Crippen molar-refractivity contribution < 1.29 is 127 Å². The second-order valence-corrected chi connectivity index (χ2v) is 3.57.